The Morgan fingerprint density at radius 1 is 1.27 bits per heavy atom. The third-order valence-corrected chi connectivity index (χ3v) is 5.23. The number of nitrogens with one attached hydrogen (secondary N) is 1. The molecule has 0 aliphatic carbocycles. The molecule has 3 heterocycles. The predicted molar refractivity (Wildman–Crippen MR) is 101 cm³/mol. The fourth-order valence-electron chi connectivity index (χ4n) is 3.80. The van der Waals surface area contributed by atoms with E-state index in [1.165, 1.54) is 12.1 Å². The van der Waals surface area contributed by atoms with E-state index in [-0.39, 0.29) is 19.2 Å². The number of amides is 1. The number of nitrogens with zero attached hydrogens (tertiary/aromatic N) is 3. The zero-order chi connectivity index (χ0) is 17.6. The average molecular weight is 356 g/mol. The summed E-state index contributed by atoms with van der Waals surface area (Å²) in [6.45, 7) is 5.25. The Labute approximate surface area is 152 Å². The molecule has 138 valence electrons. The fraction of sp³-hybridized carbons (Fsp3) is 0.400. The molecule has 2 aromatic heterocycles. The van der Waals surface area contributed by atoms with E-state index in [1.54, 1.807) is 13.0 Å². The first-order chi connectivity index (χ1) is 12.0. The molecule has 1 amide bonds. The van der Waals surface area contributed by atoms with E-state index in [1.807, 2.05) is 17.3 Å². The van der Waals surface area contributed by atoms with E-state index in [0.717, 1.165) is 53.7 Å². The smallest absolute Gasteiger partial charge is 0.219 e. The van der Waals surface area contributed by atoms with Crippen LogP contribution in [0.15, 0.2) is 30.6 Å². The number of carbonyl (C=O) groups is 1. The highest BCUT2D eigenvalue weighted by Crippen LogP contribution is 2.33. The second-order valence-electron chi connectivity index (χ2n) is 6.72. The van der Waals surface area contributed by atoms with E-state index in [2.05, 4.69) is 21.7 Å². The summed E-state index contributed by atoms with van der Waals surface area (Å²) >= 11 is 0. The van der Waals surface area contributed by atoms with Crippen LogP contribution in [0.2, 0.25) is 0 Å². The van der Waals surface area contributed by atoms with Crippen molar-refractivity contribution < 1.29 is 9.18 Å². The van der Waals surface area contributed by atoms with Crippen LogP contribution in [0.4, 0.5) is 4.39 Å². The van der Waals surface area contributed by atoms with E-state index >= 15 is 0 Å². The summed E-state index contributed by atoms with van der Waals surface area (Å²) in [6.07, 6.45) is 5.64. The first-order valence-corrected chi connectivity index (χ1v) is 8.61. The number of piperidine rings is 1. The van der Waals surface area contributed by atoms with Gasteiger partial charge in [-0.05, 0) is 38.0 Å². The van der Waals surface area contributed by atoms with Crippen molar-refractivity contribution in [3.8, 4) is 11.1 Å². The lowest BCUT2D eigenvalue weighted by Crippen LogP contribution is -2.38. The van der Waals surface area contributed by atoms with Crippen molar-refractivity contribution in [3.63, 3.8) is 0 Å². The summed E-state index contributed by atoms with van der Waals surface area (Å²) in [5.41, 5.74) is 4.00. The SMILES string of the molecule is C.CC(=O)N1CCC(n2ncc(-c3c[nH]c4cc(F)ccc34)c2C)CC1. The minimum Gasteiger partial charge on any atom is -0.360 e. The maximum Gasteiger partial charge on any atom is 0.219 e. The molecule has 0 saturated carbocycles. The summed E-state index contributed by atoms with van der Waals surface area (Å²) < 4.78 is 15.5. The average Bonchev–Trinajstić information content (AvgIpc) is 3.17. The molecule has 0 spiro atoms. The third-order valence-electron chi connectivity index (χ3n) is 5.23. The van der Waals surface area contributed by atoms with Crippen molar-refractivity contribution in [1.29, 1.82) is 0 Å². The largest absolute Gasteiger partial charge is 0.360 e. The van der Waals surface area contributed by atoms with Crippen molar-refractivity contribution in [1.82, 2.24) is 19.7 Å². The van der Waals surface area contributed by atoms with Gasteiger partial charge in [0.05, 0.1) is 12.2 Å². The van der Waals surface area contributed by atoms with Gasteiger partial charge in [-0.3, -0.25) is 9.48 Å². The summed E-state index contributed by atoms with van der Waals surface area (Å²) in [6, 6.07) is 5.11. The van der Waals surface area contributed by atoms with Crippen molar-refractivity contribution in [2.75, 3.05) is 13.1 Å². The molecule has 0 atom stereocenters. The second-order valence-corrected chi connectivity index (χ2v) is 6.72. The maximum atomic E-state index is 13.4. The lowest BCUT2D eigenvalue weighted by Gasteiger charge is -2.32. The first-order valence-electron chi connectivity index (χ1n) is 8.61. The maximum absolute atomic E-state index is 13.4. The highest BCUT2D eigenvalue weighted by molar-refractivity contribution is 5.95. The number of fused-ring (bicyclic) bond motifs is 1. The van der Waals surface area contributed by atoms with Gasteiger partial charge in [-0.2, -0.15) is 5.10 Å². The number of rotatable bonds is 2. The Morgan fingerprint density at radius 2 is 2.00 bits per heavy atom. The van der Waals surface area contributed by atoms with Gasteiger partial charge >= 0.3 is 0 Å². The Morgan fingerprint density at radius 3 is 2.69 bits per heavy atom. The second kappa shape index (κ2) is 6.94. The molecule has 3 aromatic rings. The van der Waals surface area contributed by atoms with Crippen LogP contribution >= 0.6 is 0 Å². The summed E-state index contributed by atoms with van der Waals surface area (Å²) in [5, 5.41) is 5.61. The van der Waals surface area contributed by atoms with Crippen LogP contribution in [0.3, 0.4) is 0 Å². The van der Waals surface area contributed by atoms with E-state index in [4.69, 9.17) is 0 Å². The van der Waals surface area contributed by atoms with Gasteiger partial charge in [-0.15, -0.1) is 0 Å². The fourth-order valence-corrected chi connectivity index (χ4v) is 3.80. The Hall–Kier alpha value is -2.63. The van der Waals surface area contributed by atoms with Crippen LogP contribution in [-0.2, 0) is 4.79 Å². The zero-order valence-corrected chi connectivity index (χ0v) is 14.4. The monoisotopic (exact) mass is 356 g/mol. The van der Waals surface area contributed by atoms with Gasteiger partial charge in [0.2, 0.25) is 5.91 Å². The number of halogens is 1. The molecule has 1 N–H and O–H groups in total. The van der Waals surface area contributed by atoms with Gasteiger partial charge in [-0.25, -0.2) is 4.39 Å². The molecule has 5 nitrogen and oxygen atoms in total. The van der Waals surface area contributed by atoms with Gasteiger partial charge in [0.1, 0.15) is 5.82 Å². The standard InChI is InChI=1S/C19H21FN4O.CH4/c1-12-17(18-10-21-19-9-14(20)3-4-16(18)19)11-22-24(12)15-5-7-23(8-6-15)13(2)25;/h3-4,9-11,15,21H,5-8H2,1-2H3;1H4. The van der Waals surface area contributed by atoms with Crippen LogP contribution in [0.1, 0.15) is 38.9 Å². The van der Waals surface area contributed by atoms with Crippen LogP contribution in [0.25, 0.3) is 22.0 Å². The molecule has 4 rings (SSSR count). The van der Waals surface area contributed by atoms with Crippen molar-refractivity contribution in [3.05, 3.63) is 42.1 Å². The quantitative estimate of drug-likeness (QED) is 0.744. The van der Waals surface area contributed by atoms with Crippen LogP contribution in [0, 0.1) is 12.7 Å². The van der Waals surface area contributed by atoms with Gasteiger partial charge in [-0.1, -0.05) is 7.43 Å². The Kier molecular flexibility index (Phi) is 4.85. The van der Waals surface area contributed by atoms with Crippen LogP contribution < -0.4 is 0 Å². The molecule has 26 heavy (non-hydrogen) atoms. The van der Waals surface area contributed by atoms with E-state index < -0.39 is 0 Å². The van der Waals surface area contributed by atoms with Gasteiger partial charge in [0.15, 0.2) is 0 Å². The lowest BCUT2D eigenvalue weighted by atomic mass is 10.0. The van der Waals surface area contributed by atoms with Crippen molar-refractivity contribution in [2.45, 2.75) is 40.2 Å². The molecule has 1 fully saturated rings. The third kappa shape index (κ3) is 3.00. The summed E-state index contributed by atoms with van der Waals surface area (Å²) in [5.74, 6) is -0.104. The molecule has 0 radical (unpaired) electrons. The zero-order valence-electron chi connectivity index (χ0n) is 14.4. The molecule has 6 heteroatoms. The molecule has 1 aliphatic rings. The molecule has 0 unspecified atom stereocenters. The predicted octanol–water partition coefficient (Wildman–Crippen LogP) is 4.30. The van der Waals surface area contributed by atoms with Gasteiger partial charge in [0.25, 0.3) is 0 Å². The van der Waals surface area contributed by atoms with Gasteiger partial charge < -0.3 is 9.88 Å². The van der Waals surface area contributed by atoms with E-state index in [0.29, 0.717) is 6.04 Å². The summed E-state index contributed by atoms with van der Waals surface area (Å²) in [7, 11) is 0. The lowest BCUT2D eigenvalue weighted by molar-refractivity contribution is -0.130. The first kappa shape index (κ1) is 18.2. The molecule has 1 aromatic carbocycles. The number of carbonyl (C=O) groups excluding carboxylic acids is 1. The van der Waals surface area contributed by atoms with Crippen LogP contribution in [0.5, 0.6) is 0 Å². The molecular formula is C20H25FN4O. The number of aromatic amines is 1. The number of aromatic nitrogens is 3. The number of hydrogen-bond acceptors (Lipinski definition) is 2. The molecular weight excluding hydrogens is 331 g/mol. The van der Waals surface area contributed by atoms with E-state index in [9.17, 15) is 9.18 Å². The number of benzene rings is 1. The number of H-pyrrole nitrogens is 1. The molecule has 1 saturated heterocycles. The number of hydrogen-bond donors (Lipinski definition) is 1. The van der Waals surface area contributed by atoms with Crippen molar-refractivity contribution in [2.24, 2.45) is 0 Å². The minimum atomic E-state index is -0.245. The number of likely N-dealkylation sites (tertiary alicyclic amines) is 1. The van der Waals surface area contributed by atoms with Gasteiger partial charge in [0, 0.05) is 53.9 Å². The normalized spacial score (nSPS) is 15.3. The Bertz CT molecular complexity index is 935. The highest BCUT2D eigenvalue weighted by atomic mass is 19.1. The van der Waals surface area contributed by atoms with Crippen molar-refractivity contribution >= 4 is 16.8 Å². The topological polar surface area (TPSA) is 53.9 Å². The molecule has 1 aliphatic heterocycles. The molecule has 0 bridgehead atoms. The highest BCUT2D eigenvalue weighted by Gasteiger charge is 2.24. The minimum absolute atomic E-state index is 0. The summed E-state index contributed by atoms with van der Waals surface area (Å²) in [4.78, 5) is 16.5. The van der Waals surface area contributed by atoms with Crippen LogP contribution in [-0.4, -0.2) is 38.7 Å². The Balaban J connectivity index is 0.00000196.